The number of carbonyl (C=O) groups excluding carboxylic acids is 1. The van der Waals surface area contributed by atoms with E-state index < -0.39 is 5.82 Å². The number of halogens is 1. The zero-order valence-electron chi connectivity index (χ0n) is 16.4. The van der Waals surface area contributed by atoms with Crippen LogP contribution in [0.1, 0.15) is 40.6 Å². The van der Waals surface area contributed by atoms with Gasteiger partial charge >= 0.3 is 0 Å². The molecular formula is C21H26FN3O3. The molecule has 2 aliphatic heterocycles. The molecule has 0 radical (unpaired) electrons. The first kappa shape index (κ1) is 18.9. The predicted molar refractivity (Wildman–Crippen MR) is 102 cm³/mol. The number of rotatable bonds is 5. The van der Waals surface area contributed by atoms with Crippen molar-refractivity contribution in [2.24, 2.45) is 5.92 Å². The van der Waals surface area contributed by atoms with Crippen LogP contribution in [0.5, 0.6) is 5.75 Å². The quantitative estimate of drug-likeness (QED) is 0.791. The van der Waals surface area contributed by atoms with Crippen molar-refractivity contribution in [2.75, 3.05) is 33.4 Å². The van der Waals surface area contributed by atoms with Crippen LogP contribution in [-0.4, -0.2) is 53.8 Å². The van der Waals surface area contributed by atoms with Gasteiger partial charge in [-0.2, -0.15) is 0 Å². The lowest BCUT2D eigenvalue weighted by Crippen LogP contribution is -2.51. The number of hydrogen-bond donors (Lipinski definition) is 0. The number of nitrogens with zero attached hydrogens (tertiary/aromatic N) is 3. The fraction of sp³-hybridized carbons (Fsp3) is 0.524. The third-order valence-electron chi connectivity index (χ3n) is 5.76. The maximum absolute atomic E-state index is 13.9. The van der Waals surface area contributed by atoms with Crippen LogP contribution in [0.4, 0.5) is 4.39 Å². The van der Waals surface area contributed by atoms with Gasteiger partial charge in [0, 0.05) is 62.1 Å². The number of aryl methyl sites for hydroxylation is 1. The van der Waals surface area contributed by atoms with E-state index in [-0.39, 0.29) is 11.7 Å². The molecule has 6 nitrogen and oxygen atoms in total. The van der Waals surface area contributed by atoms with Gasteiger partial charge in [-0.05, 0) is 38.0 Å². The molecule has 1 aromatic carbocycles. The van der Waals surface area contributed by atoms with E-state index in [0.29, 0.717) is 30.5 Å². The van der Waals surface area contributed by atoms with Gasteiger partial charge in [-0.25, -0.2) is 9.37 Å². The van der Waals surface area contributed by atoms with Crippen molar-refractivity contribution >= 4 is 5.91 Å². The summed E-state index contributed by atoms with van der Waals surface area (Å²) in [6, 6.07) is 4.35. The largest absolute Gasteiger partial charge is 0.494 e. The first-order valence-corrected chi connectivity index (χ1v) is 9.79. The first-order chi connectivity index (χ1) is 13.6. The standard InChI is InChI=1S/C21H26FN3O3/c1-14-10-23-20(16-5-7-28-8-6-16)25(14)13-15-11-24(12-15)21(26)17-3-4-19(27-2)18(22)9-17/h3-4,9-10,15-16H,5-8,11-13H2,1-2H3. The highest BCUT2D eigenvalue weighted by atomic mass is 19.1. The number of likely N-dealkylation sites (tertiary alicyclic amines) is 1. The highest BCUT2D eigenvalue weighted by Gasteiger charge is 2.33. The van der Waals surface area contributed by atoms with Gasteiger partial charge in [0.2, 0.25) is 0 Å². The maximum Gasteiger partial charge on any atom is 0.253 e. The second-order valence-corrected chi connectivity index (χ2v) is 7.68. The topological polar surface area (TPSA) is 56.6 Å². The number of hydrogen-bond acceptors (Lipinski definition) is 4. The van der Waals surface area contributed by atoms with Crippen molar-refractivity contribution in [3.63, 3.8) is 0 Å². The molecule has 0 aliphatic carbocycles. The third-order valence-corrected chi connectivity index (χ3v) is 5.76. The summed E-state index contributed by atoms with van der Waals surface area (Å²) >= 11 is 0. The molecule has 0 saturated carbocycles. The summed E-state index contributed by atoms with van der Waals surface area (Å²) in [6.45, 7) is 5.88. The normalized spacial score (nSPS) is 18.2. The Bertz CT molecular complexity index is 855. The van der Waals surface area contributed by atoms with Crippen molar-refractivity contribution in [3.8, 4) is 5.75 Å². The number of methoxy groups -OCH3 is 1. The van der Waals surface area contributed by atoms with Crippen LogP contribution in [0, 0.1) is 18.7 Å². The molecule has 150 valence electrons. The van der Waals surface area contributed by atoms with Gasteiger partial charge in [-0.15, -0.1) is 0 Å². The van der Waals surface area contributed by atoms with E-state index in [4.69, 9.17) is 9.47 Å². The van der Waals surface area contributed by atoms with E-state index >= 15 is 0 Å². The van der Waals surface area contributed by atoms with Crippen LogP contribution in [-0.2, 0) is 11.3 Å². The molecule has 0 atom stereocenters. The minimum absolute atomic E-state index is 0.134. The first-order valence-electron chi connectivity index (χ1n) is 9.79. The molecule has 0 N–H and O–H groups in total. The molecular weight excluding hydrogens is 361 g/mol. The molecule has 0 spiro atoms. The number of imidazole rings is 1. The highest BCUT2D eigenvalue weighted by Crippen LogP contribution is 2.29. The summed E-state index contributed by atoms with van der Waals surface area (Å²) < 4.78 is 26.6. The summed E-state index contributed by atoms with van der Waals surface area (Å²) in [5.74, 6) is 1.48. The lowest BCUT2D eigenvalue weighted by Gasteiger charge is -2.40. The van der Waals surface area contributed by atoms with Crippen LogP contribution in [0.25, 0.3) is 0 Å². The van der Waals surface area contributed by atoms with Crippen molar-refractivity contribution in [2.45, 2.75) is 32.2 Å². The minimum atomic E-state index is -0.513. The van der Waals surface area contributed by atoms with Gasteiger partial charge in [0.25, 0.3) is 5.91 Å². The molecule has 2 fully saturated rings. The zero-order chi connectivity index (χ0) is 19.7. The average molecular weight is 387 g/mol. The number of amides is 1. The van der Waals surface area contributed by atoms with Crippen LogP contribution >= 0.6 is 0 Å². The van der Waals surface area contributed by atoms with E-state index in [1.165, 1.54) is 19.2 Å². The average Bonchev–Trinajstić information content (AvgIpc) is 3.04. The van der Waals surface area contributed by atoms with Gasteiger partial charge < -0.3 is 18.9 Å². The Kier molecular flexibility index (Phi) is 5.35. The predicted octanol–water partition coefficient (Wildman–Crippen LogP) is 3.01. The summed E-state index contributed by atoms with van der Waals surface area (Å²) in [5.41, 5.74) is 1.52. The number of aromatic nitrogens is 2. The third kappa shape index (κ3) is 3.63. The molecule has 2 aromatic rings. The van der Waals surface area contributed by atoms with Gasteiger partial charge in [-0.3, -0.25) is 4.79 Å². The minimum Gasteiger partial charge on any atom is -0.494 e. The van der Waals surface area contributed by atoms with Crippen molar-refractivity contribution in [1.29, 1.82) is 0 Å². The van der Waals surface area contributed by atoms with E-state index in [2.05, 4.69) is 16.5 Å². The Morgan fingerprint density at radius 1 is 1.32 bits per heavy atom. The molecule has 3 heterocycles. The van der Waals surface area contributed by atoms with Crippen LogP contribution in [0.2, 0.25) is 0 Å². The van der Waals surface area contributed by atoms with Crippen LogP contribution in [0.3, 0.4) is 0 Å². The zero-order valence-corrected chi connectivity index (χ0v) is 16.4. The van der Waals surface area contributed by atoms with Gasteiger partial charge in [0.1, 0.15) is 5.82 Å². The Morgan fingerprint density at radius 3 is 2.75 bits per heavy atom. The molecule has 4 rings (SSSR count). The number of benzene rings is 1. The summed E-state index contributed by atoms with van der Waals surface area (Å²) in [5, 5.41) is 0. The maximum atomic E-state index is 13.9. The van der Waals surface area contributed by atoms with E-state index in [1.807, 2.05) is 6.20 Å². The Balaban J connectivity index is 1.38. The summed E-state index contributed by atoms with van der Waals surface area (Å²) in [4.78, 5) is 19.0. The van der Waals surface area contributed by atoms with E-state index in [9.17, 15) is 9.18 Å². The highest BCUT2D eigenvalue weighted by molar-refractivity contribution is 5.94. The van der Waals surface area contributed by atoms with E-state index in [1.54, 1.807) is 11.0 Å². The molecule has 28 heavy (non-hydrogen) atoms. The molecule has 7 heteroatoms. The monoisotopic (exact) mass is 387 g/mol. The summed E-state index contributed by atoms with van der Waals surface area (Å²) in [6.07, 6.45) is 3.95. The summed E-state index contributed by atoms with van der Waals surface area (Å²) in [7, 11) is 1.41. The van der Waals surface area contributed by atoms with E-state index in [0.717, 1.165) is 44.1 Å². The number of carbonyl (C=O) groups is 1. The number of ether oxygens (including phenoxy) is 2. The Labute approximate surface area is 164 Å². The van der Waals surface area contributed by atoms with Crippen LogP contribution < -0.4 is 4.74 Å². The molecule has 0 bridgehead atoms. The van der Waals surface area contributed by atoms with Crippen molar-refractivity contribution in [3.05, 3.63) is 47.3 Å². The van der Waals surface area contributed by atoms with Gasteiger partial charge in [0.15, 0.2) is 11.6 Å². The van der Waals surface area contributed by atoms with Crippen molar-refractivity contribution < 1.29 is 18.7 Å². The van der Waals surface area contributed by atoms with Crippen LogP contribution in [0.15, 0.2) is 24.4 Å². The fourth-order valence-electron chi connectivity index (χ4n) is 4.09. The Hall–Kier alpha value is -2.41. The SMILES string of the molecule is COc1ccc(C(=O)N2CC(Cn3c(C)cnc3C3CCOCC3)C2)cc1F. The second kappa shape index (κ2) is 7.91. The molecule has 2 saturated heterocycles. The smallest absolute Gasteiger partial charge is 0.253 e. The Morgan fingerprint density at radius 2 is 2.07 bits per heavy atom. The second-order valence-electron chi connectivity index (χ2n) is 7.68. The lowest BCUT2D eigenvalue weighted by molar-refractivity contribution is 0.0460. The molecule has 2 aliphatic rings. The van der Waals surface area contributed by atoms with Gasteiger partial charge in [-0.1, -0.05) is 0 Å². The fourth-order valence-corrected chi connectivity index (χ4v) is 4.09. The van der Waals surface area contributed by atoms with Crippen molar-refractivity contribution in [1.82, 2.24) is 14.5 Å². The molecule has 1 aromatic heterocycles. The van der Waals surface area contributed by atoms with Gasteiger partial charge in [0.05, 0.1) is 7.11 Å². The lowest BCUT2D eigenvalue weighted by atomic mass is 9.96. The molecule has 1 amide bonds. The molecule has 0 unspecified atom stereocenters.